The summed E-state index contributed by atoms with van der Waals surface area (Å²) in [6.45, 7) is 8.60. The van der Waals surface area contributed by atoms with Gasteiger partial charge in [-0.2, -0.15) is 0 Å². The highest BCUT2D eigenvalue weighted by Gasteiger charge is 2.38. The Balaban J connectivity index is 2.77. The van der Waals surface area contributed by atoms with E-state index in [9.17, 15) is 0 Å². The summed E-state index contributed by atoms with van der Waals surface area (Å²) in [7, 11) is 3.38. The summed E-state index contributed by atoms with van der Waals surface area (Å²) in [5.74, 6) is 0.746. The summed E-state index contributed by atoms with van der Waals surface area (Å²) in [5.41, 5.74) is 6.00. The zero-order valence-electron chi connectivity index (χ0n) is 12.6. The van der Waals surface area contributed by atoms with Gasteiger partial charge >= 0.3 is 0 Å². The van der Waals surface area contributed by atoms with Crippen LogP contribution >= 0.6 is 0 Å². The average molecular weight is 258 g/mol. The molecule has 3 unspecified atom stereocenters. The van der Waals surface area contributed by atoms with Gasteiger partial charge in [0.25, 0.3) is 0 Å². The lowest BCUT2D eigenvalue weighted by Gasteiger charge is -2.49. The second-order valence-corrected chi connectivity index (χ2v) is 5.99. The van der Waals surface area contributed by atoms with E-state index in [0.29, 0.717) is 12.6 Å². The van der Waals surface area contributed by atoms with Gasteiger partial charge in [0.1, 0.15) is 0 Å². The molecule has 1 rings (SSSR count). The number of nitrogens with zero attached hydrogens (tertiary/aromatic N) is 1. The maximum absolute atomic E-state index is 6.05. The Morgan fingerprint density at radius 2 is 1.89 bits per heavy atom. The minimum atomic E-state index is -0.178. The molecule has 1 heterocycles. The predicted molar refractivity (Wildman–Crippen MR) is 74.4 cm³/mol. The molecule has 1 saturated heterocycles. The minimum Gasteiger partial charge on any atom is -0.356 e. The Morgan fingerprint density at radius 1 is 1.28 bits per heavy atom. The third-order valence-corrected chi connectivity index (χ3v) is 4.38. The maximum atomic E-state index is 6.05. The first-order valence-corrected chi connectivity index (χ1v) is 6.99. The Hall–Kier alpha value is -0.160. The van der Waals surface area contributed by atoms with Gasteiger partial charge in [0.15, 0.2) is 6.29 Å². The van der Waals surface area contributed by atoms with E-state index in [1.54, 1.807) is 14.2 Å². The van der Waals surface area contributed by atoms with Crippen molar-refractivity contribution in [3.05, 3.63) is 0 Å². The highest BCUT2D eigenvalue weighted by Crippen LogP contribution is 2.31. The smallest absolute Gasteiger partial charge is 0.158 e. The molecule has 18 heavy (non-hydrogen) atoms. The van der Waals surface area contributed by atoms with Crippen LogP contribution in [0.4, 0.5) is 0 Å². The molecule has 0 bridgehead atoms. The SMILES string of the molecule is COC(CC(C)(CN)N1CC(C)CCC1C)OC. The van der Waals surface area contributed by atoms with Crippen LogP contribution in [-0.2, 0) is 9.47 Å². The van der Waals surface area contributed by atoms with Crippen LogP contribution in [0.5, 0.6) is 0 Å². The van der Waals surface area contributed by atoms with Gasteiger partial charge in [-0.3, -0.25) is 4.90 Å². The normalized spacial score (nSPS) is 29.5. The molecule has 2 N–H and O–H groups in total. The molecule has 1 aliphatic heterocycles. The van der Waals surface area contributed by atoms with Gasteiger partial charge in [0, 0.05) is 45.3 Å². The monoisotopic (exact) mass is 258 g/mol. The molecule has 4 heteroatoms. The van der Waals surface area contributed by atoms with Crippen LogP contribution in [0.15, 0.2) is 0 Å². The zero-order chi connectivity index (χ0) is 13.8. The average Bonchev–Trinajstić information content (AvgIpc) is 2.38. The van der Waals surface area contributed by atoms with Crippen LogP contribution in [0.2, 0.25) is 0 Å². The van der Waals surface area contributed by atoms with E-state index in [2.05, 4.69) is 25.7 Å². The molecule has 108 valence electrons. The van der Waals surface area contributed by atoms with Crippen molar-refractivity contribution in [1.82, 2.24) is 4.90 Å². The summed E-state index contributed by atoms with van der Waals surface area (Å²) < 4.78 is 10.7. The molecule has 0 aromatic carbocycles. The molecular weight excluding hydrogens is 228 g/mol. The van der Waals surface area contributed by atoms with E-state index >= 15 is 0 Å². The van der Waals surface area contributed by atoms with Crippen molar-refractivity contribution in [2.45, 2.75) is 57.9 Å². The zero-order valence-corrected chi connectivity index (χ0v) is 12.6. The number of likely N-dealkylation sites (tertiary alicyclic amines) is 1. The van der Waals surface area contributed by atoms with Gasteiger partial charge in [-0.1, -0.05) is 6.92 Å². The largest absolute Gasteiger partial charge is 0.356 e. The molecule has 1 aliphatic rings. The van der Waals surface area contributed by atoms with Gasteiger partial charge in [-0.15, -0.1) is 0 Å². The van der Waals surface area contributed by atoms with Crippen LogP contribution in [0.25, 0.3) is 0 Å². The highest BCUT2D eigenvalue weighted by atomic mass is 16.7. The fourth-order valence-corrected chi connectivity index (χ4v) is 2.98. The summed E-state index contributed by atoms with van der Waals surface area (Å²) >= 11 is 0. The maximum Gasteiger partial charge on any atom is 0.158 e. The van der Waals surface area contributed by atoms with E-state index < -0.39 is 0 Å². The van der Waals surface area contributed by atoms with Gasteiger partial charge in [-0.05, 0) is 32.6 Å². The van der Waals surface area contributed by atoms with Crippen LogP contribution in [0.3, 0.4) is 0 Å². The van der Waals surface area contributed by atoms with E-state index in [4.69, 9.17) is 15.2 Å². The first kappa shape index (κ1) is 15.9. The van der Waals surface area contributed by atoms with Crippen LogP contribution in [0, 0.1) is 5.92 Å². The Bertz CT molecular complexity index is 246. The van der Waals surface area contributed by atoms with Crippen molar-refractivity contribution in [2.75, 3.05) is 27.3 Å². The van der Waals surface area contributed by atoms with Crippen molar-refractivity contribution in [1.29, 1.82) is 0 Å². The van der Waals surface area contributed by atoms with Crippen molar-refractivity contribution >= 4 is 0 Å². The Kier molecular flexibility index (Phi) is 6.05. The molecule has 3 atom stereocenters. The van der Waals surface area contributed by atoms with Gasteiger partial charge in [0.2, 0.25) is 0 Å². The second kappa shape index (κ2) is 6.85. The third-order valence-electron chi connectivity index (χ3n) is 4.38. The molecule has 0 aromatic heterocycles. The van der Waals surface area contributed by atoms with Crippen molar-refractivity contribution in [3.8, 4) is 0 Å². The number of ether oxygens (including phenoxy) is 2. The topological polar surface area (TPSA) is 47.7 Å². The molecule has 1 fully saturated rings. The molecule has 0 spiro atoms. The molecule has 0 aliphatic carbocycles. The summed E-state index contributed by atoms with van der Waals surface area (Å²) in [5, 5.41) is 0. The van der Waals surface area contributed by atoms with Crippen molar-refractivity contribution in [3.63, 3.8) is 0 Å². The fourth-order valence-electron chi connectivity index (χ4n) is 2.98. The number of rotatable bonds is 6. The fraction of sp³-hybridized carbons (Fsp3) is 1.00. The Morgan fingerprint density at radius 3 is 2.39 bits per heavy atom. The summed E-state index contributed by atoms with van der Waals surface area (Å²) in [6.07, 6.45) is 3.20. The summed E-state index contributed by atoms with van der Waals surface area (Å²) in [6, 6.07) is 0.587. The number of piperidine rings is 1. The lowest BCUT2D eigenvalue weighted by atomic mass is 9.86. The number of methoxy groups -OCH3 is 2. The molecule has 0 radical (unpaired) electrons. The van der Waals surface area contributed by atoms with E-state index in [-0.39, 0.29) is 11.8 Å². The molecule has 0 saturated carbocycles. The second-order valence-electron chi connectivity index (χ2n) is 5.99. The van der Waals surface area contributed by atoms with E-state index in [1.165, 1.54) is 12.8 Å². The number of hydrogen-bond acceptors (Lipinski definition) is 4. The van der Waals surface area contributed by atoms with Crippen molar-refractivity contribution < 1.29 is 9.47 Å². The summed E-state index contributed by atoms with van der Waals surface area (Å²) in [4.78, 5) is 2.55. The van der Waals surface area contributed by atoms with E-state index in [0.717, 1.165) is 18.9 Å². The first-order valence-electron chi connectivity index (χ1n) is 6.99. The first-order chi connectivity index (χ1) is 8.46. The van der Waals surface area contributed by atoms with Crippen LogP contribution < -0.4 is 5.73 Å². The molecule has 4 nitrogen and oxygen atoms in total. The van der Waals surface area contributed by atoms with Crippen LogP contribution in [0.1, 0.15) is 40.0 Å². The van der Waals surface area contributed by atoms with Crippen LogP contribution in [-0.4, -0.2) is 50.1 Å². The minimum absolute atomic E-state index is 0.0508. The lowest BCUT2D eigenvalue weighted by Crippen LogP contribution is -2.59. The number of nitrogens with two attached hydrogens (primary N) is 1. The predicted octanol–water partition coefficient (Wildman–Crippen LogP) is 1.83. The van der Waals surface area contributed by atoms with Gasteiger partial charge in [-0.25, -0.2) is 0 Å². The lowest BCUT2D eigenvalue weighted by molar-refractivity contribution is -0.135. The third kappa shape index (κ3) is 3.67. The van der Waals surface area contributed by atoms with Crippen molar-refractivity contribution in [2.24, 2.45) is 11.7 Å². The number of hydrogen-bond donors (Lipinski definition) is 1. The standard InChI is InChI=1S/C14H30N2O2/c1-11-6-7-12(2)16(9-11)14(3,10-15)8-13(17-4)18-5/h11-13H,6-10,15H2,1-5H3. The van der Waals surface area contributed by atoms with E-state index in [1.807, 2.05) is 0 Å². The molecule has 0 amide bonds. The van der Waals surface area contributed by atoms with Gasteiger partial charge in [0.05, 0.1) is 0 Å². The highest BCUT2D eigenvalue weighted by molar-refractivity contribution is 4.93. The quantitative estimate of drug-likeness (QED) is 0.738. The molecular formula is C14H30N2O2. The van der Waals surface area contributed by atoms with Gasteiger partial charge < -0.3 is 15.2 Å². The molecule has 0 aromatic rings. The Labute approximate surface area is 112 Å².